The number of hydrogen-bond donors (Lipinski definition) is 3. The van der Waals surface area contributed by atoms with Crippen molar-refractivity contribution in [2.75, 3.05) is 0 Å². The van der Waals surface area contributed by atoms with Crippen molar-refractivity contribution in [3.05, 3.63) is 54.7 Å². The summed E-state index contributed by atoms with van der Waals surface area (Å²) in [5.41, 5.74) is 0. The molecule has 0 saturated heterocycles. The van der Waals surface area contributed by atoms with Gasteiger partial charge in [-0.1, -0.05) is 0 Å². The molecule has 13 nitrogen and oxygen atoms in total. The molecule has 0 aliphatic carbocycles. The standard InChI is InChI=1S/3C4H4N2O2.N/c3*7-4(8)3-5-1-2-6-3;/h3*1-2H,(H,5,6)(H,7,8);/q;;;+3/p-3. The monoisotopic (exact) mass is 347 g/mol. The van der Waals surface area contributed by atoms with E-state index in [0.29, 0.717) is 0 Å². The van der Waals surface area contributed by atoms with Crippen LogP contribution in [-0.2, 0) is 0 Å². The fourth-order valence-electron chi connectivity index (χ4n) is 1.13. The summed E-state index contributed by atoms with van der Waals surface area (Å²) in [4.78, 5) is 46.9. The molecule has 13 heteroatoms. The van der Waals surface area contributed by atoms with E-state index in [9.17, 15) is 29.7 Å². The molecule has 3 heterocycles. The highest BCUT2D eigenvalue weighted by Gasteiger charge is 3.00. The average Bonchev–Trinajstić information content (AvgIpc) is 3.29. The molecule has 3 aromatic rings. The van der Waals surface area contributed by atoms with E-state index >= 15 is 0 Å². The van der Waals surface area contributed by atoms with E-state index in [0.717, 1.165) is 0 Å². The van der Waals surface area contributed by atoms with E-state index in [-0.39, 0.29) is 23.6 Å². The predicted octanol–water partition coefficient (Wildman–Crippen LogP) is -4.16. The number of rotatable bonds is 3. The Kier molecular flexibility index (Phi) is 8.69. The van der Waals surface area contributed by atoms with Gasteiger partial charge >= 0.3 is 6.15 Å². The highest BCUT2D eigenvalue weighted by molar-refractivity contribution is 5.81. The quantitative estimate of drug-likeness (QED) is 0.416. The number of imidazole rings is 3. The van der Waals surface area contributed by atoms with Gasteiger partial charge in [0.1, 0.15) is 17.9 Å². The molecular formula is C12H9N7O6. The molecule has 3 aromatic heterocycles. The zero-order chi connectivity index (χ0) is 17.9. The normalized spacial score (nSPS) is 8.64. The van der Waals surface area contributed by atoms with Crippen molar-refractivity contribution in [1.82, 2.24) is 36.1 Å². The third-order valence-electron chi connectivity index (χ3n) is 2.07. The van der Waals surface area contributed by atoms with Gasteiger partial charge < -0.3 is 44.7 Å². The number of aromatic amines is 3. The topological polar surface area (TPSA) is 237 Å². The zero-order valence-corrected chi connectivity index (χ0v) is 12.2. The molecule has 0 aromatic carbocycles. The summed E-state index contributed by atoms with van der Waals surface area (Å²) in [5.74, 6) is -4.25. The minimum absolute atomic E-state index is 0. The van der Waals surface area contributed by atoms with Gasteiger partial charge in [0.25, 0.3) is 0 Å². The van der Waals surface area contributed by atoms with E-state index < -0.39 is 17.9 Å². The Labute approximate surface area is 139 Å². The van der Waals surface area contributed by atoms with E-state index in [1.54, 1.807) is 0 Å². The van der Waals surface area contributed by atoms with E-state index in [1.807, 2.05) is 0 Å². The van der Waals surface area contributed by atoms with E-state index in [1.165, 1.54) is 37.2 Å². The molecule has 0 unspecified atom stereocenters. The number of aromatic nitrogens is 6. The van der Waals surface area contributed by atoms with E-state index in [4.69, 9.17) is 0 Å². The summed E-state index contributed by atoms with van der Waals surface area (Å²) in [6, 6.07) is 0. The number of nitrogens with one attached hydrogen (secondary N) is 3. The van der Waals surface area contributed by atoms with Crippen molar-refractivity contribution < 1.29 is 29.7 Å². The number of nitrogens with zero attached hydrogens (tertiary/aromatic N) is 4. The van der Waals surface area contributed by atoms with Crippen molar-refractivity contribution in [3.63, 3.8) is 0 Å². The lowest BCUT2D eigenvalue weighted by atomic mass is 10.7. The van der Waals surface area contributed by atoms with Crippen LogP contribution in [0.15, 0.2) is 37.2 Å². The van der Waals surface area contributed by atoms with Crippen molar-refractivity contribution in [1.29, 1.82) is 0 Å². The third kappa shape index (κ3) is 7.53. The van der Waals surface area contributed by atoms with Gasteiger partial charge in [-0.3, -0.25) is 0 Å². The second-order valence-corrected chi connectivity index (χ2v) is 3.68. The Morgan fingerprint density at radius 1 is 0.640 bits per heavy atom. The number of hydrogen-bond acceptors (Lipinski definition) is 9. The Morgan fingerprint density at radius 3 is 0.960 bits per heavy atom. The summed E-state index contributed by atoms with van der Waals surface area (Å²) in [6.45, 7) is 0. The molecule has 0 saturated carbocycles. The first kappa shape index (κ1) is 20.8. The van der Waals surface area contributed by atoms with Crippen LogP contribution in [-0.4, -0.2) is 47.8 Å². The fourth-order valence-corrected chi connectivity index (χ4v) is 1.13. The predicted molar refractivity (Wildman–Crippen MR) is 70.9 cm³/mol. The maximum Gasteiger partial charge on any atom is 3.00 e. The number of aromatic carboxylic acids is 3. The van der Waals surface area contributed by atoms with Crippen molar-refractivity contribution in [2.24, 2.45) is 0 Å². The zero-order valence-electron chi connectivity index (χ0n) is 12.2. The third-order valence-corrected chi connectivity index (χ3v) is 2.07. The molecule has 3 rings (SSSR count). The van der Waals surface area contributed by atoms with Gasteiger partial charge in [-0.2, -0.15) is 0 Å². The van der Waals surface area contributed by atoms with Crippen LogP contribution in [0.4, 0.5) is 0 Å². The summed E-state index contributed by atoms with van der Waals surface area (Å²) >= 11 is 0. The molecule has 0 spiro atoms. The Balaban J connectivity index is 0.000000339. The first-order chi connectivity index (χ1) is 11.4. The number of carbonyl (C=O) groups excluding carboxylic acids is 3. The number of carboxylic acid groups (broad SMARTS) is 3. The lowest BCUT2D eigenvalue weighted by Gasteiger charge is -1.91. The van der Waals surface area contributed by atoms with Crippen LogP contribution in [0.2, 0.25) is 0 Å². The highest BCUT2D eigenvalue weighted by atomic mass is 16.4. The van der Waals surface area contributed by atoms with Gasteiger partial charge in [0, 0.05) is 37.2 Å². The lowest BCUT2D eigenvalue weighted by molar-refractivity contribution is -0.257. The average molecular weight is 347 g/mol. The van der Waals surface area contributed by atoms with Crippen LogP contribution < -0.4 is 21.5 Å². The van der Waals surface area contributed by atoms with Crippen molar-refractivity contribution >= 4 is 17.9 Å². The molecule has 0 aliphatic heterocycles. The first-order valence-electron chi connectivity index (χ1n) is 6.04. The Morgan fingerprint density at radius 2 is 0.880 bits per heavy atom. The molecule has 128 valence electrons. The van der Waals surface area contributed by atoms with Crippen molar-refractivity contribution in [2.45, 2.75) is 0 Å². The van der Waals surface area contributed by atoms with Gasteiger partial charge in [0.05, 0.1) is 0 Å². The smallest absolute Gasteiger partial charge is 0.542 e. The maximum absolute atomic E-state index is 9.86. The molecule has 25 heavy (non-hydrogen) atoms. The van der Waals surface area contributed by atoms with Crippen LogP contribution in [0.3, 0.4) is 0 Å². The minimum atomic E-state index is -1.28. The van der Waals surface area contributed by atoms with Gasteiger partial charge in [-0.15, -0.1) is 0 Å². The highest BCUT2D eigenvalue weighted by Crippen LogP contribution is 1.83. The largest absolute Gasteiger partial charge is 3.00 e. The molecule has 0 aliphatic rings. The summed E-state index contributed by atoms with van der Waals surface area (Å²) in [6.07, 6.45) is 8.32. The molecule has 0 bridgehead atoms. The molecule has 2 radical (unpaired) electrons. The second kappa shape index (κ2) is 10.5. The lowest BCUT2D eigenvalue weighted by Crippen LogP contribution is -2.23. The summed E-state index contributed by atoms with van der Waals surface area (Å²) < 4.78 is 0. The molecule has 0 amide bonds. The Hall–Kier alpha value is -4.25. The molecule has 3 N–H and O–H groups in total. The van der Waals surface area contributed by atoms with Crippen LogP contribution >= 0.6 is 0 Å². The van der Waals surface area contributed by atoms with E-state index in [2.05, 4.69) is 29.9 Å². The van der Waals surface area contributed by atoms with Crippen LogP contribution in [0.1, 0.15) is 31.9 Å². The molecule has 0 atom stereocenters. The second-order valence-electron chi connectivity index (χ2n) is 3.68. The maximum atomic E-state index is 9.86. The minimum Gasteiger partial charge on any atom is -0.542 e. The Bertz CT molecular complexity index is 647. The van der Waals surface area contributed by atoms with Gasteiger partial charge in [0.15, 0.2) is 17.5 Å². The van der Waals surface area contributed by atoms with Gasteiger partial charge in [-0.25, -0.2) is 15.0 Å². The van der Waals surface area contributed by atoms with Crippen LogP contribution in [0, 0.1) is 0 Å². The number of carbonyl (C=O) groups is 3. The van der Waals surface area contributed by atoms with Crippen LogP contribution in [0.5, 0.6) is 0 Å². The first-order valence-corrected chi connectivity index (χ1v) is 6.04. The van der Waals surface area contributed by atoms with Gasteiger partial charge in [-0.05, 0) is 0 Å². The SMILES string of the molecule is O=C([O-])c1ncc[nH]1.O=C([O-])c1ncc[nH]1.O=C([O-])c1ncc[nH]1.[N+3]. The van der Waals surface area contributed by atoms with Crippen LogP contribution in [0.25, 0.3) is 0 Å². The molecule has 0 fully saturated rings. The summed E-state index contributed by atoms with van der Waals surface area (Å²) in [7, 11) is 0. The van der Waals surface area contributed by atoms with Gasteiger partial charge in [0.2, 0.25) is 0 Å². The van der Waals surface area contributed by atoms with Crippen molar-refractivity contribution in [3.8, 4) is 0 Å². The fraction of sp³-hybridized carbons (Fsp3) is 0. The number of carboxylic acids is 3. The molecular weight excluding hydrogens is 338 g/mol. The number of H-pyrrole nitrogens is 3. The summed E-state index contributed by atoms with van der Waals surface area (Å²) in [5, 5.41) is 29.6.